The second-order valence-corrected chi connectivity index (χ2v) is 14.2. The molecule has 1 N–H and O–H groups in total. The minimum atomic E-state index is -3.98. The molecular formula is C36H36FN7O3S. The minimum absolute atomic E-state index is 0.160. The van der Waals surface area contributed by atoms with E-state index in [1.54, 1.807) is 53.6 Å². The average Bonchev–Trinajstić information content (AvgIpc) is 3.70. The number of aliphatic hydroxyl groups is 1. The second-order valence-electron chi connectivity index (χ2n) is 12.3. The average molecular weight is 666 g/mol. The van der Waals surface area contributed by atoms with Crippen LogP contribution in [0.25, 0.3) is 33.4 Å². The number of piperazine rings is 1. The maximum absolute atomic E-state index is 13.9. The van der Waals surface area contributed by atoms with Crippen LogP contribution in [0.15, 0.2) is 103 Å². The first-order valence-electron chi connectivity index (χ1n) is 15.9. The van der Waals surface area contributed by atoms with Gasteiger partial charge in [-0.3, -0.25) is 14.6 Å². The normalized spacial score (nSPS) is 14.9. The standard InChI is InChI=1S/C36H36FN7O3S/c1-25-6-9-32(10-7-25)48(46,47)44-24-34(29-19-40-43(23-29)22-27-4-3-5-30(37)16-27)33-17-28(18-39-36(33)44)35-11-8-31(20-38-35)42-14-12-41(13-15-42)21-26(2)45/h3-11,16-20,23-24,26,45H,12-15,21-22H2,1-2H3. The molecule has 7 rings (SSSR count). The van der Waals surface area contributed by atoms with Crippen molar-refractivity contribution in [3.05, 3.63) is 115 Å². The Bertz CT molecular complexity index is 2170. The molecule has 0 spiro atoms. The van der Waals surface area contributed by atoms with Crippen LogP contribution in [-0.4, -0.2) is 81.0 Å². The Kier molecular flexibility index (Phi) is 8.54. The topological polar surface area (TPSA) is 109 Å². The summed E-state index contributed by atoms with van der Waals surface area (Å²) in [5.41, 5.74) is 5.83. The SMILES string of the molecule is Cc1ccc(S(=O)(=O)n2cc(-c3cnn(Cc4cccc(F)c4)c3)c3cc(-c4ccc(N5CCN(CC(C)O)CC5)cn4)cnc32)cc1. The summed E-state index contributed by atoms with van der Waals surface area (Å²) in [6, 6.07) is 19.0. The molecule has 1 aliphatic rings. The lowest BCUT2D eigenvalue weighted by molar-refractivity contribution is 0.122. The van der Waals surface area contributed by atoms with Crippen molar-refractivity contribution in [1.29, 1.82) is 0 Å². The highest BCUT2D eigenvalue weighted by atomic mass is 32.2. The molecule has 1 saturated heterocycles. The molecule has 5 heterocycles. The number of halogens is 1. The number of pyridine rings is 2. The Balaban J connectivity index is 1.24. The van der Waals surface area contributed by atoms with Crippen molar-refractivity contribution in [3.63, 3.8) is 0 Å². The van der Waals surface area contributed by atoms with Gasteiger partial charge < -0.3 is 10.0 Å². The molecule has 0 aliphatic carbocycles. The summed E-state index contributed by atoms with van der Waals surface area (Å²) in [4.78, 5) is 14.1. The lowest BCUT2D eigenvalue weighted by Gasteiger charge is -2.36. The molecule has 0 amide bonds. The van der Waals surface area contributed by atoms with Crippen LogP contribution in [0.2, 0.25) is 0 Å². The summed E-state index contributed by atoms with van der Waals surface area (Å²) in [5, 5.41) is 14.9. The van der Waals surface area contributed by atoms with E-state index in [0.29, 0.717) is 40.9 Å². The maximum atomic E-state index is 13.9. The summed E-state index contributed by atoms with van der Waals surface area (Å²) in [7, 11) is -3.98. The van der Waals surface area contributed by atoms with Crippen molar-refractivity contribution in [2.24, 2.45) is 0 Å². The van der Waals surface area contributed by atoms with Crippen molar-refractivity contribution < 1.29 is 17.9 Å². The van der Waals surface area contributed by atoms with E-state index in [2.05, 4.69) is 19.9 Å². The molecule has 1 aliphatic heterocycles. The molecule has 1 fully saturated rings. The third-order valence-electron chi connectivity index (χ3n) is 8.67. The number of aliphatic hydroxyl groups excluding tert-OH is 1. The zero-order valence-electron chi connectivity index (χ0n) is 26.7. The molecule has 48 heavy (non-hydrogen) atoms. The van der Waals surface area contributed by atoms with Crippen LogP contribution >= 0.6 is 0 Å². The molecule has 246 valence electrons. The Morgan fingerprint density at radius 2 is 1.69 bits per heavy atom. The van der Waals surface area contributed by atoms with Gasteiger partial charge in [0.15, 0.2) is 5.65 Å². The van der Waals surface area contributed by atoms with E-state index in [0.717, 1.165) is 48.6 Å². The number of nitrogens with zero attached hydrogens (tertiary/aromatic N) is 7. The molecule has 0 saturated carbocycles. The number of fused-ring (bicyclic) bond motifs is 1. The van der Waals surface area contributed by atoms with Crippen LogP contribution in [-0.2, 0) is 16.6 Å². The molecule has 12 heteroatoms. The number of aromatic nitrogens is 5. The quantitative estimate of drug-likeness (QED) is 0.225. The lowest BCUT2D eigenvalue weighted by atomic mass is 10.1. The number of rotatable bonds is 9. The minimum Gasteiger partial charge on any atom is -0.392 e. The van der Waals surface area contributed by atoms with E-state index < -0.39 is 10.0 Å². The Labute approximate surface area is 278 Å². The maximum Gasteiger partial charge on any atom is 0.269 e. The Hall–Kier alpha value is -4.91. The number of hydrogen-bond donors (Lipinski definition) is 1. The van der Waals surface area contributed by atoms with Crippen molar-refractivity contribution in [2.75, 3.05) is 37.6 Å². The van der Waals surface area contributed by atoms with E-state index in [9.17, 15) is 17.9 Å². The first-order valence-corrected chi connectivity index (χ1v) is 17.3. The van der Waals surface area contributed by atoms with Crippen LogP contribution in [0.1, 0.15) is 18.1 Å². The van der Waals surface area contributed by atoms with Gasteiger partial charge in [0.25, 0.3) is 10.0 Å². The lowest BCUT2D eigenvalue weighted by Crippen LogP contribution is -2.48. The van der Waals surface area contributed by atoms with Crippen LogP contribution in [0.4, 0.5) is 10.1 Å². The van der Waals surface area contributed by atoms with Crippen molar-refractivity contribution in [1.82, 2.24) is 28.6 Å². The molecule has 0 bridgehead atoms. The summed E-state index contributed by atoms with van der Waals surface area (Å²) < 4.78 is 44.6. The molecule has 10 nitrogen and oxygen atoms in total. The fourth-order valence-electron chi connectivity index (χ4n) is 6.17. The van der Waals surface area contributed by atoms with Gasteiger partial charge >= 0.3 is 0 Å². The monoisotopic (exact) mass is 665 g/mol. The molecule has 6 aromatic rings. The van der Waals surface area contributed by atoms with E-state index >= 15 is 0 Å². The number of hydrogen-bond acceptors (Lipinski definition) is 8. The summed E-state index contributed by atoms with van der Waals surface area (Å²) >= 11 is 0. The first kappa shape index (κ1) is 31.7. The highest BCUT2D eigenvalue weighted by Gasteiger charge is 2.24. The smallest absolute Gasteiger partial charge is 0.269 e. The van der Waals surface area contributed by atoms with Gasteiger partial charge in [-0.1, -0.05) is 29.8 Å². The van der Waals surface area contributed by atoms with Gasteiger partial charge in [-0.05, 0) is 61.9 Å². The highest BCUT2D eigenvalue weighted by Crippen LogP contribution is 2.35. The zero-order valence-corrected chi connectivity index (χ0v) is 27.6. The molecule has 0 radical (unpaired) electrons. The second kappa shape index (κ2) is 12.9. The van der Waals surface area contributed by atoms with E-state index in [1.165, 1.54) is 16.1 Å². The van der Waals surface area contributed by atoms with Crippen LogP contribution in [0.3, 0.4) is 0 Å². The number of anilines is 1. The highest BCUT2D eigenvalue weighted by molar-refractivity contribution is 7.90. The van der Waals surface area contributed by atoms with Gasteiger partial charge in [-0.2, -0.15) is 5.10 Å². The van der Waals surface area contributed by atoms with Crippen molar-refractivity contribution in [2.45, 2.75) is 31.4 Å². The van der Waals surface area contributed by atoms with Gasteiger partial charge in [0, 0.05) is 73.4 Å². The fourth-order valence-corrected chi connectivity index (χ4v) is 7.50. The van der Waals surface area contributed by atoms with E-state index in [1.807, 2.05) is 50.5 Å². The van der Waals surface area contributed by atoms with Gasteiger partial charge in [0.2, 0.25) is 0 Å². The third-order valence-corrected chi connectivity index (χ3v) is 10.3. The fraction of sp³-hybridized carbons (Fsp3) is 0.250. The molecule has 1 atom stereocenters. The predicted octanol–water partition coefficient (Wildman–Crippen LogP) is 5.20. The van der Waals surface area contributed by atoms with Gasteiger partial charge in [-0.25, -0.2) is 21.8 Å². The number of aryl methyl sites for hydroxylation is 1. The van der Waals surface area contributed by atoms with Crippen molar-refractivity contribution in [3.8, 4) is 22.4 Å². The van der Waals surface area contributed by atoms with E-state index in [4.69, 9.17) is 4.98 Å². The van der Waals surface area contributed by atoms with Gasteiger partial charge in [0.1, 0.15) is 5.82 Å². The molecule has 2 aromatic carbocycles. The number of β-amino-alcohol motifs (C(OH)–C–C–N with tert-alkyl or cyclic N) is 1. The Morgan fingerprint density at radius 3 is 2.40 bits per heavy atom. The van der Waals surface area contributed by atoms with E-state index in [-0.39, 0.29) is 16.8 Å². The van der Waals surface area contributed by atoms with Crippen molar-refractivity contribution >= 4 is 26.7 Å². The van der Waals surface area contributed by atoms with Gasteiger partial charge in [-0.15, -0.1) is 0 Å². The zero-order chi connectivity index (χ0) is 33.4. The summed E-state index contributed by atoms with van der Waals surface area (Å²) in [6.07, 6.45) is 8.25. The first-order chi connectivity index (χ1) is 23.1. The van der Waals surface area contributed by atoms with Crippen LogP contribution in [0, 0.1) is 12.7 Å². The van der Waals surface area contributed by atoms with Crippen LogP contribution in [0.5, 0.6) is 0 Å². The summed E-state index contributed by atoms with van der Waals surface area (Å²) in [6.45, 7) is 8.18. The van der Waals surface area contributed by atoms with Gasteiger partial charge in [0.05, 0.1) is 41.3 Å². The van der Waals surface area contributed by atoms with Crippen LogP contribution < -0.4 is 4.90 Å². The number of benzene rings is 2. The third kappa shape index (κ3) is 6.46. The molecular weight excluding hydrogens is 630 g/mol. The summed E-state index contributed by atoms with van der Waals surface area (Å²) in [5.74, 6) is -0.320. The molecule has 4 aromatic heterocycles. The largest absolute Gasteiger partial charge is 0.392 e. The molecule has 1 unspecified atom stereocenters. The Morgan fingerprint density at radius 1 is 0.896 bits per heavy atom. The predicted molar refractivity (Wildman–Crippen MR) is 184 cm³/mol.